The van der Waals surface area contributed by atoms with Crippen molar-refractivity contribution < 1.29 is 19.4 Å². The van der Waals surface area contributed by atoms with Crippen molar-refractivity contribution >= 4 is 5.97 Å². The quantitative estimate of drug-likeness (QED) is 0.708. The molecule has 0 aliphatic rings. The number of halogens is 1. The molecule has 0 amide bonds. The van der Waals surface area contributed by atoms with Gasteiger partial charge in [0, 0.05) is 5.56 Å². The van der Waals surface area contributed by atoms with Gasteiger partial charge in [0.25, 0.3) is 0 Å². The summed E-state index contributed by atoms with van der Waals surface area (Å²) in [6.45, 7) is 0.802. The summed E-state index contributed by atoms with van der Waals surface area (Å²) in [5.74, 6) is -1.72. The lowest BCUT2D eigenvalue weighted by molar-refractivity contribution is 0.0693. The van der Waals surface area contributed by atoms with E-state index in [2.05, 4.69) is 0 Å². The van der Waals surface area contributed by atoms with Gasteiger partial charge < -0.3 is 15.9 Å². The molecule has 15 heavy (non-hydrogen) atoms. The molecule has 0 saturated carbocycles. The Hall–Kier alpha value is -1.62. The van der Waals surface area contributed by atoms with Gasteiger partial charge in [-0.1, -0.05) is 6.07 Å². The average molecular weight is 213 g/mol. The highest BCUT2D eigenvalue weighted by molar-refractivity contribution is 5.91. The van der Waals surface area contributed by atoms with Crippen molar-refractivity contribution in [3.63, 3.8) is 0 Å². The highest BCUT2D eigenvalue weighted by atomic mass is 19.1. The van der Waals surface area contributed by atoms with Gasteiger partial charge in [-0.15, -0.1) is 0 Å². The van der Waals surface area contributed by atoms with Gasteiger partial charge in [-0.25, -0.2) is 9.18 Å². The summed E-state index contributed by atoms with van der Waals surface area (Å²) in [6, 6.07) is 1.79. The fourth-order valence-electron chi connectivity index (χ4n) is 1.34. The molecule has 4 N–H and O–H groups in total. The van der Waals surface area contributed by atoms with Gasteiger partial charge in [-0.2, -0.15) is 0 Å². The van der Waals surface area contributed by atoms with Gasteiger partial charge in [-0.3, -0.25) is 0 Å². The first kappa shape index (κ1) is 11.5. The summed E-state index contributed by atoms with van der Waals surface area (Å²) < 4.78 is 12.3. The second-order valence-corrected chi connectivity index (χ2v) is 3.32. The molecule has 0 radical (unpaired) electrons. The Morgan fingerprint density at radius 3 is 2.67 bits per heavy atom. The van der Waals surface area contributed by atoms with E-state index in [0.29, 0.717) is 5.56 Å². The number of nitrogens with two attached hydrogens (primary N) is 1. The van der Waals surface area contributed by atoms with Crippen LogP contribution in [0.15, 0.2) is 12.1 Å². The van der Waals surface area contributed by atoms with E-state index in [9.17, 15) is 14.3 Å². The predicted molar refractivity (Wildman–Crippen MR) is 52.7 cm³/mol. The van der Waals surface area contributed by atoms with Crippen molar-refractivity contribution in [1.82, 2.24) is 0 Å². The lowest BCUT2D eigenvalue weighted by atomic mass is 10.00. The number of alkyl halides is 1. The van der Waals surface area contributed by atoms with Crippen LogP contribution >= 0.6 is 0 Å². The number of carboxylic acids is 1. The number of phenols is 1. The molecule has 0 spiro atoms. The molecule has 1 aromatic rings. The first-order chi connectivity index (χ1) is 6.97. The van der Waals surface area contributed by atoms with Crippen LogP contribution in [0.3, 0.4) is 0 Å². The third kappa shape index (κ3) is 2.24. The number of aromatic carboxylic acids is 1. The van der Waals surface area contributed by atoms with Gasteiger partial charge in [0.2, 0.25) is 0 Å². The maximum absolute atomic E-state index is 12.3. The van der Waals surface area contributed by atoms with Gasteiger partial charge in [0.05, 0.1) is 6.04 Å². The lowest BCUT2D eigenvalue weighted by Gasteiger charge is -2.12. The molecule has 0 bridgehead atoms. The molecule has 0 aliphatic heterocycles. The van der Waals surface area contributed by atoms with Crippen LogP contribution in [0.5, 0.6) is 5.75 Å². The first-order valence-electron chi connectivity index (χ1n) is 4.35. The van der Waals surface area contributed by atoms with Crippen LogP contribution in [0.4, 0.5) is 4.39 Å². The molecule has 0 aliphatic carbocycles. The molecule has 1 aromatic carbocycles. The first-order valence-corrected chi connectivity index (χ1v) is 4.35. The minimum Gasteiger partial charge on any atom is -0.507 e. The molecule has 0 fully saturated rings. The number of hydrogen-bond acceptors (Lipinski definition) is 3. The van der Waals surface area contributed by atoms with E-state index in [1.807, 2.05) is 0 Å². The Labute approximate surface area is 86.1 Å². The van der Waals surface area contributed by atoms with E-state index < -0.39 is 24.4 Å². The zero-order valence-electron chi connectivity index (χ0n) is 8.20. The van der Waals surface area contributed by atoms with E-state index in [-0.39, 0.29) is 11.1 Å². The topological polar surface area (TPSA) is 83.5 Å². The zero-order valence-corrected chi connectivity index (χ0v) is 8.20. The van der Waals surface area contributed by atoms with Crippen LogP contribution in [0, 0.1) is 6.92 Å². The van der Waals surface area contributed by atoms with E-state index in [0.717, 1.165) is 0 Å². The van der Waals surface area contributed by atoms with Gasteiger partial charge in [0.1, 0.15) is 18.0 Å². The fourth-order valence-corrected chi connectivity index (χ4v) is 1.34. The summed E-state index contributed by atoms with van der Waals surface area (Å²) >= 11 is 0. The Morgan fingerprint density at radius 1 is 1.60 bits per heavy atom. The third-order valence-corrected chi connectivity index (χ3v) is 2.08. The second-order valence-electron chi connectivity index (χ2n) is 3.32. The van der Waals surface area contributed by atoms with E-state index in [4.69, 9.17) is 10.8 Å². The maximum Gasteiger partial charge on any atom is 0.339 e. The van der Waals surface area contributed by atoms with Crippen molar-refractivity contribution in [3.05, 3.63) is 28.8 Å². The Bertz CT molecular complexity index is 392. The summed E-state index contributed by atoms with van der Waals surface area (Å²) in [5.41, 5.74) is 5.88. The van der Waals surface area contributed by atoms with Crippen molar-refractivity contribution in [2.24, 2.45) is 5.73 Å². The summed E-state index contributed by atoms with van der Waals surface area (Å²) in [7, 11) is 0. The van der Waals surface area contributed by atoms with Gasteiger partial charge >= 0.3 is 5.97 Å². The van der Waals surface area contributed by atoms with Crippen LogP contribution in [-0.4, -0.2) is 22.9 Å². The largest absolute Gasteiger partial charge is 0.507 e. The molecule has 0 unspecified atom stereocenters. The lowest BCUT2D eigenvalue weighted by Crippen LogP contribution is -2.14. The molecular weight excluding hydrogens is 201 g/mol. The average Bonchev–Trinajstić information content (AvgIpc) is 2.19. The minimum absolute atomic E-state index is 0.120. The van der Waals surface area contributed by atoms with Crippen molar-refractivity contribution in [2.75, 3.05) is 6.67 Å². The standard InChI is InChI=1S/C10H12FNO3/c1-5-2-6(8(12)4-11)9(13)7(3-5)10(14)15/h2-3,8,13H,4,12H2,1H3,(H,14,15)/t8-/m0/s1. The second kappa shape index (κ2) is 4.27. The molecule has 0 saturated heterocycles. The van der Waals surface area contributed by atoms with Crippen LogP contribution in [0.2, 0.25) is 0 Å². The van der Waals surface area contributed by atoms with Crippen LogP contribution in [0.25, 0.3) is 0 Å². The Kier molecular flexibility index (Phi) is 3.26. The highest BCUT2D eigenvalue weighted by Crippen LogP contribution is 2.28. The fraction of sp³-hybridized carbons (Fsp3) is 0.300. The molecule has 1 rings (SSSR count). The van der Waals surface area contributed by atoms with Crippen molar-refractivity contribution in [3.8, 4) is 5.75 Å². The van der Waals surface area contributed by atoms with Crippen molar-refractivity contribution in [1.29, 1.82) is 0 Å². The minimum atomic E-state index is -1.26. The van der Waals surface area contributed by atoms with Crippen molar-refractivity contribution in [2.45, 2.75) is 13.0 Å². The summed E-state index contributed by atoms with van der Waals surface area (Å²) in [4.78, 5) is 10.7. The molecule has 82 valence electrons. The zero-order chi connectivity index (χ0) is 11.6. The van der Waals surface area contributed by atoms with Gasteiger partial charge in [0.15, 0.2) is 0 Å². The van der Waals surface area contributed by atoms with E-state index in [1.165, 1.54) is 12.1 Å². The van der Waals surface area contributed by atoms with Crippen LogP contribution in [-0.2, 0) is 0 Å². The highest BCUT2D eigenvalue weighted by Gasteiger charge is 2.18. The molecule has 5 heteroatoms. The number of rotatable bonds is 3. The number of hydrogen-bond donors (Lipinski definition) is 3. The van der Waals surface area contributed by atoms with Gasteiger partial charge in [-0.05, 0) is 18.6 Å². The number of carboxylic acid groups (broad SMARTS) is 1. The molecule has 1 atom stereocenters. The molecule has 0 aromatic heterocycles. The normalized spacial score (nSPS) is 12.5. The molecule has 0 heterocycles. The third-order valence-electron chi connectivity index (χ3n) is 2.08. The molecular formula is C10H12FNO3. The summed E-state index contributed by atoms with van der Waals surface area (Å²) in [6.07, 6.45) is 0. The number of aromatic hydroxyl groups is 1. The van der Waals surface area contributed by atoms with E-state index in [1.54, 1.807) is 6.92 Å². The number of benzene rings is 1. The Morgan fingerprint density at radius 2 is 2.20 bits per heavy atom. The van der Waals surface area contributed by atoms with Crippen LogP contribution < -0.4 is 5.73 Å². The smallest absolute Gasteiger partial charge is 0.339 e. The predicted octanol–water partition coefficient (Wildman–Crippen LogP) is 1.37. The van der Waals surface area contributed by atoms with Crippen LogP contribution in [0.1, 0.15) is 27.5 Å². The van der Waals surface area contributed by atoms with E-state index >= 15 is 0 Å². The SMILES string of the molecule is Cc1cc(C(=O)O)c(O)c([C@@H](N)CF)c1. The number of carbonyl (C=O) groups is 1. The Balaban J connectivity index is 3.34. The summed E-state index contributed by atoms with van der Waals surface area (Å²) in [5, 5.41) is 18.3. The monoisotopic (exact) mass is 213 g/mol. The molecule has 4 nitrogen and oxygen atoms in total. The number of aryl methyl sites for hydroxylation is 1. The maximum atomic E-state index is 12.3.